The maximum Gasteiger partial charge on any atom is 0.122 e. The molecule has 1 aliphatic heterocycles. The van der Waals surface area contributed by atoms with Crippen LogP contribution in [0.5, 0.6) is 5.75 Å². The van der Waals surface area contributed by atoms with E-state index >= 15 is 0 Å². The van der Waals surface area contributed by atoms with Crippen molar-refractivity contribution in [2.24, 2.45) is 5.92 Å². The molecule has 2 aliphatic carbocycles. The fourth-order valence-corrected chi connectivity index (χ4v) is 5.12. The number of methoxy groups -OCH3 is 1. The van der Waals surface area contributed by atoms with Gasteiger partial charge < -0.3 is 10.1 Å². The highest BCUT2D eigenvalue weighted by molar-refractivity contribution is 5.48. The summed E-state index contributed by atoms with van der Waals surface area (Å²) in [5.74, 6) is 1.96. The third-order valence-electron chi connectivity index (χ3n) is 5.87. The van der Waals surface area contributed by atoms with Gasteiger partial charge in [0.25, 0.3) is 0 Å². The van der Waals surface area contributed by atoms with Crippen LogP contribution in [0.4, 0.5) is 0 Å². The van der Waals surface area contributed by atoms with Crippen molar-refractivity contribution in [3.8, 4) is 5.75 Å². The molecule has 1 saturated carbocycles. The van der Waals surface area contributed by atoms with Crippen molar-refractivity contribution in [2.75, 3.05) is 13.7 Å². The van der Waals surface area contributed by atoms with Crippen LogP contribution in [0.1, 0.15) is 43.2 Å². The molecule has 1 saturated heterocycles. The van der Waals surface area contributed by atoms with E-state index in [4.69, 9.17) is 4.74 Å². The van der Waals surface area contributed by atoms with Gasteiger partial charge in [-0.2, -0.15) is 0 Å². The second-order valence-electron chi connectivity index (χ2n) is 6.51. The van der Waals surface area contributed by atoms with Crippen LogP contribution in [-0.2, 0) is 11.8 Å². The topological polar surface area (TPSA) is 21.3 Å². The van der Waals surface area contributed by atoms with E-state index in [0.29, 0.717) is 11.5 Å². The normalized spacial score (nSPS) is 36.3. The summed E-state index contributed by atoms with van der Waals surface area (Å²) < 4.78 is 5.63. The van der Waals surface area contributed by atoms with E-state index in [1.807, 2.05) is 7.11 Å². The van der Waals surface area contributed by atoms with Gasteiger partial charge in [-0.25, -0.2) is 0 Å². The summed E-state index contributed by atoms with van der Waals surface area (Å²) in [5.41, 5.74) is 3.56. The van der Waals surface area contributed by atoms with Crippen LogP contribution >= 0.6 is 0 Å². The number of rotatable bonds is 1. The Bertz CT molecular complexity index is 494. The number of piperidine rings is 1. The first-order chi connectivity index (χ1) is 9.35. The van der Waals surface area contributed by atoms with Crippen molar-refractivity contribution in [3.05, 3.63) is 29.3 Å². The van der Waals surface area contributed by atoms with Gasteiger partial charge in [0.05, 0.1) is 7.11 Å². The summed E-state index contributed by atoms with van der Waals surface area (Å²) in [6.45, 7) is 1.19. The van der Waals surface area contributed by atoms with E-state index < -0.39 is 0 Å². The molecule has 2 bridgehead atoms. The van der Waals surface area contributed by atoms with E-state index in [0.717, 1.165) is 18.1 Å². The second-order valence-corrected chi connectivity index (χ2v) is 6.51. The highest BCUT2D eigenvalue weighted by Crippen LogP contribution is 2.54. The van der Waals surface area contributed by atoms with Crippen LogP contribution < -0.4 is 10.1 Å². The van der Waals surface area contributed by atoms with Gasteiger partial charge in [-0.3, -0.25) is 0 Å². The average molecular weight is 257 g/mol. The number of hydrogen-bond donors (Lipinski definition) is 1. The number of ether oxygens (including phenoxy) is 1. The monoisotopic (exact) mass is 257 g/mol. The molecule has 0 radical (unpaired) electrons. The Balaban J connectivity index is 1.91. The summed E-state index contributed by atoms with van der Waals surface area (Å²) in [6.07, 6.45) is 8.09. The molecule has 1 aromatic carbocycles. The summed E-state index contributed by atoms with van der Waals surface area (Å²) >= 11 is 0. The molecule has 1 heterocycles. The number of benzene rings is 1. The highest BCUT2D eigenvalue weighted by atomic mass is 16.5. The molecule has 2 nitrogen and oxygen atoms in total. The van der Waals surface area contributed by atoms with Crippen LogP contribution in [0.2, 0.25) is 0 Å². The lowest BCUT2D eigenvalue weighted by molar-refractivity contribution is 0.0788. The van der Waals surface area contributed by atoms with Crippen molar-refractivity contribution < 1.29 is 4.74 Å². The zero-order chi connectivity index (χ0) is 12.9. The quantitative estimate of drug-likeness (QED) is 0.835. The minimum absolute atomic E-state index is 0.455. The molecule has 1 aromatic rings. The van der Waals surface area contributed by atoms with Gasteiger partial charge in [0.1, 0.15) is 5.75 Å². The minimum Gasteiger partial charge on any atom is -0.496 e. The van der Waals surface area contributed by atoms with Crippen molar-refractivity contribution >= 4 is 0 Å². The van der Waals surface area contributed by atoms with E-state index in [1.54, 1.807) is 5.56 Å². The summed E-state index contributed by atoms with van der Waals surface area (Å²) in [5, 5.41) is 3.78. The van der Waals surface area contributed by atoms with Gasteiger partial charge in [0.15, 0.2) is 0 Å². The maximum atomic E-state index is 5.63. The zero-order valence-corrected chi connectivity index (χ0v) is 11.7. The third-order valence-corrected chi connectivity index (χ3v) is 5.87. The van der Waals surface area contributed by atoms with Crippen molar-refractivity contribution in [1.29, 1.82) is 0 Å². The highest BCUT2D eigenvalue weighted by Gasteiger charge is 2.51. The molecule has 4 rings (SSSR count). The minimum atomic E-state index is 0.455. The second kappa shape index (κ2) is 4.24. The van der Waals surface area contributed by atoms with E-state index in [2.05, 4.69) is 23.5 Å². The van der Waals surface area contributed by atoms with Crippen LogP contribution in [-0.4, -0.2) is 19.7 Å². The smallest absolute Gasteiger partial charge is 0.122 e. The Labute approximate surface area is 115 Å². The van der Waals surface area contributed by atoms with E-state index in [-0.39, 0.29) is 0 Å². The largest absolute Gasteiger partial charge is 0.496 e. The van der Waals surface area contributed by atoms with Gasteiger partial charge in [-0.05, 0) is 55.3 Å². The summed E-state index contributed by atoms with van der Waals surface area (Å²) in [6, 6.07) is 7.39. The molecule has 102 valence electrons. The molecule has 2 heteroatoms. The van der Waals surface area contributed by atoms with Gasteiger partial charge in [0.2, 0.25) is 0 Å². The number of fused-ring (bicyclic) bond motifs is 1. The third kappa shape index (κ3) is 1.53. The van der Waals surface area contributed by atoms with E-state index in [1.165, 1.54) is 44.2 Å². The molecule has 3 unspecified atom stereocenters. The lowest BCUT2D eigenvalue weighted by Gasteiger charge is -2.56. The lowest BCUT2D eigenvalue weighted by Crippen LogP contribution is -2.59. The first-order valence-corrected chi connectivity index (χ1v) is 7.75. The van der Waals surface area contributed by atoms with Crippen LogP contribution in [0, 0.1) is 5.92 Å². The number of nitrogens with one attached hydrogen (secondary N) is 1. The van der Waals surface area contributed by atoms with Crippen LogP contribution in [0.25, 0.3) is 0 Å². The SMILES string of the molecule is COc1cccc2c1CC1NCCC23CCCCC13. The Morgan fingerprint density at radius 1 is 1.26 bits per heavy atom. The predicted molar refractivity (Wildman–Crippen MR) is 76.7 cm³/mol. The fraction of sp³-hybridized carbons (Fsp3) is 0.647. The van der Waals surface area contributed by atoms with Gasteiger partial charge in [-0.15, -0.1) is 0 Å². The van der Waals surface area contributed by atoms with Crippen molar-refractivity contribution in [1.82, 2.24) is 5.32 Å². The fourth-order valence-electron chi connectivity index (χ4n) is 5.12. The molecule has 0 amide bonds. The Morgan fingerprint density at radius 3 is 3.11 bits per heavy atom. The van der Waals surface area contributed by atoms with Gasteiger partial charge in [0, 0.05) is 11.5 Å². The van der Waals surface area contributed by atoms with E-state index in [9.17, 15) is 0 Å². The Kier molecular flexibility index (Phi) is 2.63. The molecule has 3 aliphatic rings. The zero-order valence-electron chi connectivity index (χ0n) is 11.7. The first-order valence-electron chi connectivity index (χ1n) is 7.75. The molecule has 3 atom stereocenters. The van der Waals surface area contributed by atoms with Crippen LogP contribution in [0.15, 0.2) is 18.2 Å². The Hall–Kier alpha value is -1.02. The molecule has 0 aromatic heterocycles. The average Bonchev–Trinajstić information content (AvgIpc) is 2.46. The predicted octanol–water partition coefficient (Wildman–Crippen LogP) is 3.04. The molecule has 1 N–H and O–H groups in total. The molecule has 2 fully saturated rings. The standard InChI is InChI=1S/C17H23NO/c1-19-16-7-4-6-13-12(16)11-15-14-5-2-3-8-17(13,14)9-10-18-15/h4,6-7,14-15,18H,2-3,5,8-11H2,1H3. The Morgan fingerprint density at radius 2 is 2.21 bits per heavy atom. The molecular weight excluding hydrogens is 234 g/mol. The van der Waals surface area contributed by atoms with Gasteiger partial charge in [-0.1, -0.05) is 25.0 Å². The van der Waals surface area contributed by atoms with Crippen molar-refractivity contribution in [3.63, 3.8) is 0 Å². The first kappa shape index (κ1) is 11.8. The van der Waals surface area contributed by atoms with Crippen LogP contribution in [0.3, 0.4) is 0 Å². The summed E-state index contributed by atoms with van der Waals surface area (Å²) in [7, 11) is 1.81. The molecular formula is C17H23NO. The summed E-state index contributed by atoms with van der Waals surface area (Å²) in [4.78, 5) is 0. The van der Waals surface area contributed by atoms with Crippen molar-refractivity contribution in [2.45, 2.75) is 50.0 Å². The number of hydrogen-bond acceptors (Lipinski definition) is 2. The van der Waals surface area contributed by atoms with Gasteiger partial charge >= 0.3 is 0 Å². The molecule has 19 heavy (non-hydrogen) atoms. The maximum absolute atomic E-state index is 5.63. The molecule has 0 spiro atoms. The lowest BCUT2D eigenvalue weighted by atomic mass is 9.53.